The maximum Gasteiger partial charge on any atom is 0.304 e. The van der Waals surface area contributed by atoms with Gasteiger partial charge in [-0.05, 0) is 6.92 Å². The monoisotopic (exact) mass is 217 g/mol. The van der Waals surface area contributed by atoms with E-state index in [4.69, 9.17) is 14.6 Å². The van der Waals surface area contributed by atoms with E-state index in [-0.39, 0.29) is 18.6 Å². The molecule has 0 amide bonds. The van der Waals surface area contributed by atoms with Gasteiger partial charge in [0.15, 0.2) is 0 Å². The quantitative estimate of drug-likeness (QED) is 0.688. The van der Waals surface area contributed by atoms with Crippen LogP contribution in [0.3, 0.4) is 0 Å². The molecule has 0 aromatic heterocycles. The molecule has 0 saturated carbocycles. The van der Waals surface area contributed by atoms with Gasteiger partial charge in [-0.25, -0.2) is 0 Å². The standard InChI is InChI=1S/C10H19NO4/c1-3-15-9-7-11(5-4-10(12)13)6-8(9)14-2/h8-9H,3-7H2,1-2H3,(H,12,13)/t8-,9+/m1/s1. The Balaban J connectivity index is 2.35. The molecule has 0 spiro atoms. The van der Waals surface area contributed by atoms with Gasteiger partial charge in [-0.1, -0.05) is 0 Å². The number of likely N-dealkylation sites (tertiary alicyclic amines) is 1. The van der Waals surface area contributed by atoms with Crippen LogP contribution >= 0.6 is 0 Å². The second-order valence-corrected chi connectivity index (χ2v) is 3.67. The Morgan fingerprint density at radius 2 is 2.13 bits per heavy atom. The molecule has 0 bridgehead atoms. The van der Waals surface area contributed by atoms with Crippen LogP contribution in [0.1, 0.15) is 13.3 Å². The average molecular weight is 217 g/mol. The third-order valence-corrected chi connectivity index (χ3v) is 2.62. The number of carboxylic acids is 1. The van der Waals surface area contributed by atoms with Crippen molar-refractivity contribution >= 4 is 5.97 Å². The zero-order chi connectivity index (χ0) is 11.3. The van der Waals surface area contributed by atoms with Crippen molar-refractivity contribution in [1.82, 2.24) is 4.90 Å². The smallest absolute Gasteiger partial charge is 0.304 e. The molecule has 1 aliphatic rings. The molecule has 0 aromatic carbocycles. The van der Waals surface area contributed by atoms with Gasteiger partial charge in [-0.15, -0.1) is 0 Å². The lowest BCUT2D eigenvalue weighted by Crippen LogP contribution is -2.28. The highest BCUT2D eigenvalue weighted by atomic mass is 16.5. The number of hydrogen-bond acceptors (Lipinski definition) is 4. The van der Waals surface area contributed by atoms with Crippen molar-refractivity contribution in [1.29, 1.82) is 0 Å². The highest BCUT2D eigenvalue weighted by Gasteiger charge is 2.33. The number of methoxy groups -OCH3 is 1. The zero-order valence-corrected chi connectivity index (χ0v) is 9.31. The van der Waals surface area contributed by atoms with Crippen molar-refractivity contribution in [2.24, 2.45) is 0 Å². The van der Waals surface area contributed by atoms with Crippen LogP contribution in [-0.4, -0.2) is 61.5 Å². The number of carboxylic acid groups (broad SMARTS) is 1. The Labute approximate surface area is 90.0 Å². The number of ether oxygens (including phenoxy) is 2. The van der Waals surface area contributed by atoms with E-state index in [9.17, 15) is 4.79 Å². The maximum absolute atomic E-state index is 10.4. The first-order valence-electron chi connectivity index (χ1n) is 5.26. The predicted molar refractivity (Wildman–Crippen MR) is 54.9 cm³/mol. The summed E-state index contributed by atoms with van der Waals surface area (Å²) in [5.41, 5.74) is 0. The fraction of sp³-hybridized carbons (Fsp3) is 0.900. The molecule has 1 aliphatic heterocycles. The van der Waals surface area contributed by atoms with E-state index in [1.165, 1.54) is 0 Å². The molecule has 1 rings (SSSR count). The molecule has 15 heavy (non-hydrogen) atoms. The number of carbonyl (C=O) groups is 1. The van der Waals surface area contributed by atoms with Crippen molar-refractivity contribution in [3.8, 4) is 0 Å². The summed E-state index contributed by atoms with van der Waals surface area (Å²) in [7, 11) is 1.66. The molecule has 5 heteroatoms. The van der Waals surface area contributed by atoms with Gasteiger partial charge in [0.25, 0.3) is 0 Å². The molecule has 0 aliphatic carbocycles. The van der Waals surface area contributed by atoms with Crippen LogP contribution in [0, 0.1) is 0 Å². The fourth-order valence-electron chi connectivity index (χ4n) is 1.86. The molecule has 0 radical (unpaired) electrons. The zero-order valence-electron chi connectivity index (χ0n) is 9.31. The van der Waals surface area contributed by atoms with Gasteiger partial charge < -0.3 is 14.6 Å². The van der Waals surface area contributed by atoms with Crippen LogP contribution < -0.4 is 0 Å². The summed E-state index contributed by atoms with van der Waals surface area (Å²) in [6.07, 6.45) is 0.322. The first kappa shape index (κ1) is 12.4. The second-order valence-electron chi connectivity index (χ2n) is 3.67. The summed E-state index contributed by atoms with van der Waals surface area (Å²) in [6, 6.07) is 0. The average Bonchev–Trinajstić information content (AvgIpc) is 2.58. The summed E-state index contributed by atoms with van der Waals surface area (Å²) in [5.74, 6) is -0.760. The van der Waals surface area contributed by atoms with Gasteiger partial charge in [0.2, 0.25) is 0 Å². The summed E-state index contributed by atoms with van der Waals surface area (Å²) in [5, 5.41) is 8.58. The van der Waals surface area contributed by atoms with Gasteiger partial charge in [0, 0.05) is 33.4 Å². The van der Waals surface area contributed by atoms with Gasteiger partial charge >= 0.3 is 5.97 Å². The molecule has 1 fully saturated rings. The van der Waals surface area contributed by atoms with Gasteiger partial charge in [0.05, 0.1) is 18.6 Å². The van der Waals surface area contributed by atoms with Crippen molar-refractivity contribution < 1.29 is 19.4 Å². The third kappa shape index (κ3) is 3.77. The first-order chi connectivity index (χ1) is 7.17. The van der Waals surface area contributed by atoms with Crippen molar-refractivity contribution in [2.75, 3.05) is 33.4 Å². The van der Waals surface area contributed by atoms with Crippen LogP contribution in [0.5, 0.6) is 0 Å². The third-order valence-electron chi connectivity index (χ3n) is 2.62. The first-order valence-corrected chi connectivity index (χ1v) is 5.26. The number of aliphatic carboxylic acids is 1. The van der Waals surface area contributed by atoms with Gasteiger partial charge in [0.1, 0.15) is 0 Å². The lowest BCUT2D eigenvalue weighted by Gasteiger charge is -2.16. The molecule has 2 atom stereocenters. The minimum absolute atomic E-state index is 0.0683. The van der Waals surface area contributed by atoms with E-state index in [1.54, 1.807) is 7.11 Å². The maximum atomic E-state index is 10.4. The topological polar surface area (TPSA) is 59.0 Å². The lowest BCUT2D eigenvalue weighted by atomic mass is 10.2. The normalized spacial score (nSPS) is 27.1. The minimum Gasteiger partial charge on any atom is -0.481 e. The molecule has 0 aromatic rings. The van der Waals surface area contributed by atoms with E-state index in [1.807, 2.05) is 6.92 Å². The molecule has 1 saturated heterocycles. The van der Waals surface area contributed by atoms with Gasteiger partial charge in [-0.2, -0.15) is 0 Å². The molecular formula is C10H19NO4. The molecule has 0 unspecified atom stereocenters. The van der Waals surface area contributed by atoms with Crippen molar-refractivity contribution in [3.05, 3.63) is 0 Å². The Morgan fingerprint density at radius 3 is 2.67 bits per heavy atom. The van der Waals surface area contributed by atoms with E-state index in [2.05, 4.69) is 4.90 Å². The summed E-state index contributed by atoms with van der Waals surface area (Å²) in [4.78, 5) is 12.5. The fourth-order valence-corrected chi connectivity index (χ4v) is 1.86. The number of rotatable bonds is 6. The SMILES string of the molecule is CCO[C@H]1CN(CCC(=O)O)C[C@H]1OC. The molecule has 88 valence electrons. The van der Waals surface area contributed by atoms with Gasteiger partial charge in [-0.3, -0.25) is 9.69 Å². The molecule has 1 N–H and O–H groups in total. The van der Waals surface area contributed by atoms with E-state index < -0.39 is 5.97 Å². The molecule has 1 heterocycles. The van der Waals surface area contributed by atoms with Crippen LogP contribution in [0.2, 0.25) is 0 Å². The molecular weight excluding hydrogens is 198 g/mol. The summed E-state index contributed by atoms with van der Waals surface area (Å²) < 4.78 is 10.8. The van der Waals surface area contributed by atoms with Crippen molar-refractivity contribution in [3.63, 3.8) is 0 Å². The van der Waals surface area contributed by atoms with E-state index in [0.29, 0.717) is 13.2 Å². The van der Waals surface area contributed by atoms with Crippen molar-refractivity contribution in [2.45, 2.75) is 25.6 Å². The van der Waals surface area contributed by atoms with Crippen LogP contribution in [0.4, 0.5) is 0 Å². The van der Waals surface area contributed by atoms with Crippen LogP contribution in [-0.2, 0) is 14.3 Å². The molecule has 5 nitrogen and oxygen atoms in total. The highest BCUT2D eigenvalue weighted by molar-refractivity contribution is 5.66. The van der Waals surface area contributed by atoms with E-state index >= 15 is 0 Å². The highest BCUT2D eigenvalue weighted by Crippen LogP contribution is 2.16. The Bertz CT molecular complexity index is 210. The summed E-state index contributed by atoms with van der Waals surface area (Å²) in [6.45, 7) is 4.71. The van der Waals surface area contributed by atoms with E-state index in [0.717, 1.165) is 13.1 Å². The summed E-state index contributed by atoms with van der Waals surface area (Å²) >= 11 is 0. The number of nitrogens with zero attached hydrogens (tertiary/aromatic N) is 1. The Kier molecular flexibility index (Phi) is 5.01. The largest absolute Gasteiger partial charge is 0.481 e. The number of hydrogen-bond donors (Lipinski definition) is 1. The van der Waals surface area contributed by atoms with Crippen LogP contribution in [0.25, 0.3) is 0 Å². The lowest BCUT2D eigenvalue weighted by molar-refractivity contribution is -0.137. The predicted octanol–water partition coefficient (Wildman–Crippen LogP) is 0.197. The second kappa shape index (κ2) is 6.05. The Morgan fingerprint density at radius 1 is 1.47 bits per heavy atom. The Hall–Kier alpha value is -0.650. The minimum atomic E-state index is -0.760. The van der Waals surface area contributed by atoms with Crippen LogP contribution in [0.15, 0.2) is 0 Å².